The van der Waals surface area contributed by atoms with Crippen molar-refractivity contribution in [2.75, 3.05) is 6.54 Å². The molecule has 2 atom stereocenters. The average molecular weight is 357 g/mol. The van der Waals surface area contributed by atoms with Gasteiger partial charge in [-0.2, -0.15) is 5.10 Å². The summed E-state index contributed by atoms with van der Waals surface area (Å²) >= 11 is 0. The van der Waals surface area contributed by atoms with Gasteiger partial charge in [0, 0.05) is 24.8 Å². The van der Waals surface area contributed by atoms with Crippen LogP contribution in [0.15, 0.2) is 24.3 Å². The Morgan fingerprint density at radius 2 is 1.81 bits per heavy atom. The van der Waals surface area contributed by atoms with Crippen molar-refractivity contribution in [1.82, 2.24) is 15.1 Å². The van der Waals surface area contributed by atoms with Crippen LogP contribution in [-0.4, -0.2) is 33.3 Å². The predicted molar refractivity (Wildman–Crippen MR) is 100 cm³/mol. The largest absolute Gasteiger partial charge is 0.481 e. The minimum atomic E-state index is -0.910. The molecule has 2 N–H and O–H groups in total. The van der Waals surface area contributed by atoms with Gasteiger partial charge in [0.15, 0.2) is 0 Å². The van der Waals surface area contributed by atoms with Crippen molar-refractivity contribution < 1.29 is 14.7 Å². The van der Waals surface area contributed by atoms with E-state index in [1.807, 2.05) is 59.0 Å². The highest BCUT2D eigenvalue weighted by molar-refractivity contribution is 5.84. The summed E-state index contributed by atoms with van der Waals surface area (Å²) in [5.74, 6) is -2.13. The molecule has 0 bridgehead atoms. The van der Waals surface area contributed by atoms with Crippen LogP contribution in [-0.2, 0) is 23.1 Å². The number of nitrogens with one attached hydrogen (secondary N) is 1. The monoisotopic (exact) mass is 357 g/mol. The van der Waals surface area contributed by atoms with E-state index in [-0.39, 0.29) is 18.4 Å². The first-order chi connectivity index (χ1) is 12.2. The lowest BCUT2D eigenvalue weighted by atomic mass is 9.96. The summed E-state index contributed by atoms with van der Waals surface area (Å²) in [7, 11) is 1.85. The Bertz CT molecular complexity index is 793. The molecule has 6 nitrogen and oxygen atoms in total. The summed E-state index contributed by atoms with van der Waals surface area (Å²) in [6.45, 7) is 7.72. The molecule has 2 rings (SSSR count). The fraction of sp³-hybridized carbons (Fsp3) is 0.450. The maximum atomic E-state index is 12.5. The molecule has 26 heavy (non-hydrogen) atoms. The van der Waals surface area contributed by atoms with Crippen LogP contribution in [0.4, 0.5) is 0 Å². The van der Waals surface area contributed by atoms with E-state index in [1.165, 1.54) is 0 Å². The van der Waals surface area contributed by atoms with Crippen molar-refractivity contribution in [2.45, 2.75) is 40.0 Å². The predicted octanol–water partition coefficient (Wildman–Crippen LogP) is 2.51. The van der Waals surface area contributed by atoms with E-state index >= 15 is 0 Å². The molecule has 140 valence electrons. The van der Waals surface area contributed by atoms with Gasteiger partial charge in [0.25, 0.3) is 0 Å². The zero-order valence-corrected chi connectivity index (χ0v) is 16.0. The van der Waals surface area contributed by atoms with E-state index in [9.17, 15) is 14.7 Å². The number of carbonyl (C=O) groups is 2. The fourth-order valence-electron chi connectivity index (χ4n) is 3.18. The van der Waals surface area contributed by atoms with Crippen molar-refractivity contribution in [2.24, 2.45) is 13.0 Å². The second-order valence-corrected chi connectivity index (χ2v) is 6.90. The molecule has 0 unspecified atom stereocenters. The first kappa shape index (κ1) is 19.7. The molecule has 0 saturated carbocycles. The van der Waals surface area contributed by atoms with Gasteiger partial charge in [-0.1, -0.05) is 29.8 Å². The van der Waals surface area contributed by atoms with Crippen molar-refractivity contribution in [1.29, 1.82) is 0 Å². The van der Waals surface area contributed by atoms with E-state index in [1.54, 1.807) is 4.68 Å². The van der Waals surface area contributed by atoms with Gasteiger partial charge in [-0.05, 0) is 39.7 Å². The minimum absolute atomic E-state index is 0.102. The molecule has 0 spiro atoms. The Hall–Kier alpha value is -2.63. The maximum absolute atomic E-state index is 12.5. The third-order valence-corrected chi connectivity index (χ3v) is 4.87. The van der Waals surface area contributed by atoms with Crippen LogP contribution in [0, 0.1) is 26.7 Å². The van der Waals surface area contributed by atoms with Crippen LogP contribution in [0.1, 0.15) is 40.9 Å². The first-order valence-electron chi connectivity index (χ1n) is 8.76. The normalized spacial score (nSPS) is 13.3. The number of nitrogens with zero attached hydrogens (tertiary/aromatic N) is 2. The number of carboxylic acid groups (broad SMARTS) is 1. The highest BCUT2D eigenvalue weighted by Crippen LogP contribution is 2.23. The number of aliphatic carboxylic acids is 1. The van der Waals surface area contributed by atoms with Crippen molar-refractivity contribution in [3.8, 4) is 0 Å². The van der Waals surface area contributed by atoms with Gasteiger partial charge in [0.1, 0.15) is 0 Å². The van der Waals surface area contributed by atoms with Gasteiger partial charge in [-0.25, -0.2) is 0 Å². The molecule has 0 aliphatic heterocycles. The number of carboxylic acids is 1. The van der Waals surface area contributed by atoms with Crippen LogP contribution in [0.3, 0.4) is 0 Å². The molecule has 1 aromatic heterocycles. The van der Waals surface area contributed by atoms with Gasteiger partial charge in [-0.3, -0.25) is 14.3 Å². The second kappa shape index (κ2) is 8.17. The zero-order chi connectivity index (χ0) is 19.4. The van der Waals surface area contributed by atoms with Gasteiger partial charge in [-0.15, -0.1) is 0 Å². The summed E-state index contributed by atoms with van der Waals surface area (Å²) in [5, 5.41) is 16.6. The third-order valence-electron chi connectivity index (χ3n) is 4.87. The smallest absolute Gasteiger partial charge is 0.308 e. The Labute approximate surface area is 154 Å². The van der Waals surface area contributed by atoms with Crippen molar-refractivity contribution >= 4 is 11.9 Å². The Morgan fingerprint density at radius 3 is 2.31 bits per heavy atom. The van der Waals surface area contributed by atoms with Crippen LogP contribution in [0.25, 0.3) is 0 Å². The lowest BCUT2D eigenvalue weighted by Gasteiger charge is -2.17. The highest BCUT2D eigenvalue weighted by atomic mass is 16.4. The van der Waals surface area contributed by atoms with Gasteiger partial charge in [0.2, 0.25) is 5.91 Å². The Kier molecular flexibility index (Phi) is 6.18. The molecule has 0 aliphatic rings. The third kappa shape index (κ3) is 4.50. The van der Waals surface area contributed by atoms with Crippen LogP contribution in [0.5, 0.6) is 0 Å². The molecule has 2 aromatic rings. The molecule has 0 fully saturated rings. The molecule has 0 saturated heterocycles. The number of benzene rings is 1. The lowest BCUT2D eigenvalue weighted by molar-refractivity contribution is -0.141. The van der Waals surface area contributed by atoms with E-state index in [0.29, 0.717) is 6.42 Å². The van der Waals surface area contributed by atoms with Crippen LogP contribution >= 0.6 is 0 Å². The number of carbonyl (C=O) groups excluding carboxylic acids is 1. The fourth-order valence-corrected chi connectivity index (χ4v) is 3.18. The molecule has 0 aliphatic carbocycles. The van der Waals surface area contributed by atoms with E-state index in [2.05, 4.69) is 10.4 Å². The van der Waals surface area contributed by atoms with Gasteiger partial charge in [0.05, 0.1) is 17.5 Å². The molecule has 1 aromatic carbocycles. The topological polar surface area (TPSA) is 84.2 Å². The van der Waals surface area contributed by atoms with Crippen molar-refractivity contribution in [3.05, 3.63) is 52.3 Å². The summed E-state index contributed by atoms with van der Waals surface area (Å²) in [6.07, 6.45) is 0.384. The quantitative estimate of drug-likeness (QED) is 0.797. The average Bonchev–Trinajstić information content (AvgIpc) is 2.84. The summed E-state index contributed by atoms with van der Waals surface area (Å²) in [4.78, 5) is 24.1. The number of rotatable bonds is 7. The van der Waals surface area contributed by atoms with Gasteiger partial charge >= 0.3 is 5.97 Å². The molecule has 6 heteroatoms. The number of hydrogen-bond acceptors (Lipinski definition) is 3. The Balaban J connectivity index is 2.02. The Morgan fingerprint density at radius 1 is 1.19 bits per heavy atom. The number of hydrogen-bond donors (Lipinski definition) is 2. The number of aryl methyl sites for hydroxylation is 3. The van der Waals surface area contributed by atoms with Crippen LogP contribution in [0.2, 0.25) is 0 Å². The van der Waals surface area contributed by atoms with Crippen molar-refractivity contribution in [3.63, 3.8) is 0 Å². The molecular weight excluding hydrogens is 330 g/mol. The SMILES string of the molecule is Cc1ccc(C[C@H](CNC(=O)[C@@H](C)c2c(C)nn(C)c2C)C(=O)O)cc1. The van der Waals surface area contributed by atoms with Crippen LogP contribution < -0.4 is 5.32 Å². The summed E-state index contributed by atoms with van der Waals surface area (Å²) < 4.78 is 1.76. The summed E-state index contributed by atoms with van der Waals surface area (Å²) in [6, 6.07) is 7.78. The maximum Gasteiger partial charge on any atom is 0.308 e. The zero-order valence-electron chi connectivity index (χ0n) is 16.0. The van der Waals surface area contributed by atoms with E-state index in [0.717, 1.165) is 28.1 Å². The number of amides is 1. The van der Waals surface area contributed by atoms with Gasteiger partial charge < -0.3 is 10.4 Å². The first-order valence-corrected chi connectivity index (χ1v) is 8.76. The molecule has 1 heterocycles. The molecular formula is C20H27N3O3. The second-order valence-electron chi connectivity index (χ2n) is 6.90. The molecule has 0 radical (unpaired) electrons. The van der Waals surface area contributed by atoms with E-state index < -0.39 is 11.9 Å². The lowest BCUT2D eigenvalue weighted by Crippen LogP contribution is -2.36. The van der Waals surface area contributed by atoms with E-state index in [4.69, 9.17) is 0 Å². The highest BCUT2D eigenvalue weighted by Gasteiger charge is 2.25. The summed E-state index contributed by atoms with van der Waals surface area (Å²) in [5.41, 5.74) is 4.74. The minimum Gasteiger partial charge on any atom is -0.481 e. The number of aromatic nitrogens is 2. The molecule has 1 amide bonds. The standard InChI is InChI=1S/C20H27N3O3/c1-12-6-8-16(9-7-12)10-17(20(25)26)11-21-19(24)13(2)18-14(3)22-23(5)15(18)4/h6-9,13,17H,10-11H2,1-5H3,(H,21,24)(H,25,26)/t13-,17+/m0/s1.